The molecule has 0 radical (unpaired) electrons. The SMILES string of the molecule is CC[C@H]1CCCCN1C(=O)[C@H](C)S(=O)(=O)Cc1csc(C(C)C)n1. The van der Waals surface area contributed by atoms with Gasteiger partial charge in [-0.2, -0.15) is 0 Å². The highest BCUT2D eigenvalue weighted by atomic mass is 32.2. The van der Waals surface area contributed by atoms with Gasteiger partial charge in [0.25, 0.3) is 0 Å². The number of carbonyl (C=O) groups excluding carboxylic acids is 1. The Morgan fingerprint density at radius 1 is 1.38 bits per heavy atom. The molecule has 0 spiro atoms. The second-order valence-corrected chi connectivity index (χ2v) is 10.1. The van der Waals surface area contributed by atoms with Crippen LogP contribution in [0.2, 0.25) is 0 Å². The monoisotopic (exact) mass is 372 g/mol. The molecule has 2 heterocycles. The lowest BCUT2D eigenvalue weighted by molar-refractivity contribution is -0.134. The van der Waals surface area contributed by atoms with Crippen molar-refractivity contribution in [2.75, 3.05) is 6.54 Å². The first-order chi connectivity index (χ1) is 11.3. The van der Waals surface area contributed by atoms with E-state index in [0.717, 1.165) is 30.7 Å². The molecule has 0 aromatic carbocycles. The first-order valence-corrected chi connectivity index (χ1v) is 11.3. The Hall–Kier alpha value is -0.950. The van der Waals surface area contributed by atoms with E-state index in [0.29, 0.717) is 12.2 Å². The van der Waals surface area contributed by atoms with Crippen LogP contribution in [0.1, 0.15) is 70.0 Å². The lowest BCUT2D eigenvalue weighted by Crippen LogP contribution is -2.49. The summed E-state index contributed by atoms with van der Waals surface area (Å²) < 4.78 is 25.4. The van der Waals surface area contributed by atoms with Crippen LogP contribution < -0.4 is 0 Å². The third kappa shape index (κ3) is 4.36. The Kier molecular flexibility index (Phi) is 6.42. The van der Waals surface area contributed by atoms with E-state index in [4.69, 9.17) is 0 Å². The minimum absolute atomic E-state index is 0.159. The van der Waals surface area contributed by atoms with Gasteiger partial charge >= 0.3 is 0 Å². The van der Waals surface area contributed by atoms with Crippen molar-refractivity contribution >= 4 is 27.1 Å². The van der Waals surface area contributed by atoms with Crippen molar-refractivity contribution in [2.45, 2.75) is 76.3 Å². The zero-order valence-corrected chi connectivity index (χ0v) is 16.6. The Labute approximate surface area is 149 Å². The van der Waals surface area contributed by atoms with Crippen LogP contribution in [0.15, 0.2) is 5.38 Å². The van der Waals surface area contributed by atoms with Crippen molar-refractivity contribution in [3.63, 3.8) is 0 Å². The molecule has 1 aliphatic rings. The lowest BCUT2D eigenvalue weighted by atomic mass is 10.00. The average Bonchev–Trinajstić information content (AvgIpc) is 3.01. The zero-order valence-electron chi connectivity index (χ0n) is 15.0. The molecule has 0 N–H and O–H groups in total. The summed E-state index contributed by atoms with van der Waals surface area (Å²) in [5.74, 6) is -0.127. The molecule has 0 bridgehead atoms. The van der Waals surface area contributed by atoms with E-state index in [1.54, 1.807) is 10.3 Å². The number of sulfone groups is 1. The lowest BCUT2D eigenvalue weighted by Gasteiger charge is -2.36. The summed E-state index contributed by atoms with van der Waals surface area (Å²) in [6, 6.07) is 0.177. The summed E-state index contributed by atoms with van der Waals surface area (Å²) in [7, 11) is -3.55. The van der Waals surface area contributed by atoms with Crippen molar-refractivity contribution in [1.29, 1.82) is 0 Å². The number of thiazole rings is 1. The predicted molar refractivity (Wildman–Crippen MR) is 97.9 cm³/mol. The molecule has 24 heavy (non-hydrogen) atoms. The van der Waals surface area contributed by atoms with Crippen molar-refractivity contribution in [2.24, 2.45) is 0 Å². The third-order valence-corrected chi connectivity index (χ3v) is 7.85. The van der Waals surface area contributed by atoms with Gasteiger partial charge in [0.2, 0.25) is 5.91 Å². The van der Waals surface area contributed by atoms with Gasteiger partial charge in [0.05, 0.1) is 16.5 Å². The van der Waals surface area contributed by atoms with E-state index < -0.39 is 15.1 Å². The summed E-state index contributed by atoms with van der Waals surface area (Å²) in [5.41, 5.74) is 0.550. The Bertz CT molecular complexity index is 667. The maximum absolute atomic E-state index is 12.7. The van der Waals surface area contributed by atoms with Crippen molar-refractivity contribution in [3.8, 4) is 0 Å². The quantitative estimate of drug-likeness (QED) is 0.768. The van der Waals surface area contributed by atoms with E-state index in [1.165, 1.54) is 18.3 Å². The Balaban J connectivity index is 2.10. The largest absolute Gasteiger partial charge is 0.339 e. The topological polar surface area (TPSA) is 67.3 Å². The van der Waals surface area contributed by atoms with Crippen molar-refractivity contribution < 1.29 is 13.2 Å². The predicted octanol–water partition coefficient (Wildman–Crippen LogP) is 3.36. The summed E-state index contributed by atoms with van der Waals surface area (Å²) >= 11 is 1.48. The smallest absolute Gasteiger partial charge is 0.240 e. The van der Waals surface area contributed by atoms with Gasteiger partial charge in [0.15, 0.2) is 9.84 Å². The number of amides is 1. The standard InChI is InChI=1S/C17H28N2O3S2/c1-5-15-8-6-7-9-19(15)17(20)13(4)24(21,22)11-14-10-23-16(18-14)12(2)3/h10,12-13,15H,5-9,11H2,1-4H3/t13-,15-/m0/s1. The molecule has 1 saturated heterocycles. The molecule has 1 aromatic heterocycles. The van der Waals surface area contributed by atoms with Crippen LogP contribution in [0.3, 0.4) is 0 Å². The molecule has 0 aliphatic carbocycles. The second-order valence-electron chi connectivity index (χ2n) is 6.87. The number of nitrogens with zero attached hydrogens (tertiary/aromatic N) is 2. The highest BCUT2D eigenvalue weighted by molar-refractivity contribution is 7.92. The van der Waals surface area contributed by atoms with E-state index in [9.17, 15) is 13.2 Å². The number of carbonyl (C=O) groups is 1. The molecule has 1 fully saturated rings. The second kappa shape index (κ2) is 7.95. The Morgan fingerprint density at radius 3 is 2.67 bits per heavy atom. The van der Waals surface area contributed by atoms with Crippen LogP contribution in [0, 0.1) is 0 Å². The molecule has 2 rings (SSSR count). The fourth-order valence-electron chi connectivity index (χ4n) is 3.09. The minimum atomic E-state index is -3.55. The van der Waals surface area contributed by atoms with E-state index in [1.807, 2.05) is 13.8 Å². The van der Waals surface area contributed by atoms with Gasteiger partial charge in [0.1, 0.15) is 5.25 Å². The normalized spacial score (nSPS) is 20.4. The zero-order chi connectivity index (χ0) is 17.9. The van der Waals surface area contributed by atoms with E-state index >= 15 is 0 Å². The highest BCUT2D eigenvalue weighted by Crippen LogP contribution is 2.24. The van der Waals surface area contributed by atoms with Gasteiger partial charge < -0.3 is 4.90 Å². The van der Waals surface area contributed by atoms with Gasteiger partial charge in [-0.05, 0) is 32.6 Å². The molecule has 0 unspecified atom stereocenters. The minimum Gasteiger partial charge on any atom is -0.339 e. The van der Waals surface area contributed by atoms with Gasteiger partial charge in [-0.1, -0.05) is 20.8 Å². The molecular formula is C17H28N2O3S2. The molecule has 5 nitrogen and oxygen atoms in total. The van der Waals surface area contributed by atoms with Crippen LogP contribution in [0.25, 0.3) is 0 Å². The molecule has 0 saturated carbocycles. The number of piperidine rings is 1. The maximum atomic E-state index is 12.7. The van der Waals surface area contributed by atoms with Crippen LogP contribution >= 0.6 is 11.3 Å². The molecule has 1 amide bonds. The molecule has 136 valence electrons. The molecule has 2 atom stereocenters. The fraction of sp³-hybridized carbons (Fsp3) is 0.765. The van der Waals surface area contributed by atoms with Crippen molar-refractivity contribution in [3.05, 3.63) is 16.1 Å². The van der Waals surface area contributed by atoms with Crippen molar-refractivity contribution in [1.82, 2.24) is 9.88 Å². The van der Waals surface area contributed by atoms with Gasteiger partial charge in [-0.25, -0.2) is 13.4 Å². The highest BCUT2D eigenvalue weighted by Gasteiger charge is 2.35. The third-order valence-electron chi connectivity index (χ3n) is 4.68. The average molecular weight is 373 g/mol. The summed E-state index contributed by atoms with van der Waals surface area (Å²) in [6.45, 7) is 8.31. The first-order valence-electron chi connectivity index (χ1n) is 8.72. The summed E-state index contributed by atoms with van der Waals surface area (Å²) in [4.78, 5) is 18.9. The van der Waals surface area contributed by atoms with Gasteiger partial charge in [-0.15, -0.1) is 11.3 Å². The van der Waals surface area contributed by atoms with E-state index in [2.05, 4.69) is 11.9 Å². The molecular weight excluding hydrogens is 344 g/mol. The summed E-state index contributed by atoms with van der Waals surface area (Å²) in [5, 5.41) is 1.72. The fourth-order valence-corrected chi connectivity index (χ4v) is 5.28. The molecule has 1 aromatic rings. The van der Waals surface area contributed by atoms with Gasteiger partial charge in [0, 0.05) is 23.9 Å². The maximum Gasteiger partial charge on any atom is 0.240 e. The van der Waals surface area contributed by atoms with Crippen LogP contribution in [-0.4, -0.2) is 42.0 Å². The molecule has 1 aliphatic heterocycles. The number of hydrogen-bond acceptors (Lipinski definition) is 5. The van der Waals surface area contributed by atoms with Crippen LogP contribution in [-0.2, 0) is 20.4 Å². The molecule has 7 heteroatoms. The van der Waals surface area contributed by atoms with Crippen LogP contribution in [0.4, 0.5) is 0 Å². The number of rotatable bonds is 6. The van der Waals surface area contributed by atoms with Crippen LogP contribution in [0.5, 0.6) is 0 Å². The first kappa shape index (κ1) is 19.4. The number of likely N-dealkylation sites (tertiary alicyclic amines) is 1. The number of hydrogen-bond donors (Lipinski definition) is 0. The van der Waals surface area contributed by atoms with Gasteiger partial charge in [-0.3, -0.25) is 4.79 Å². The van der Waals surface area contributed by atoms with E-state index in [-0.39, 0.29) is 23.6 Å². The summed E-state index contributed by atoms with van der Waals surface area (Å²) in [6.07, 6.45) is 3.92. The Morgan fingerprint density at radius 2 is 2.08 bits per heavy atom. The number of aromatic nitrogens is 1.